The quantitative estimate of drug-likeness (QED) is 0.866. The van der Waals surface area contributed by atoms with E-state index in [4.69, 9.17) is 0 Å². The fourth-order valence-electron chi connectivity index (χ4n) is 3.88. The van der Waals surface area contributed by atoms with Crippen LogP contribution < -0.4 is 10.6 Å². The smallest absolute Gasteiger partial charge is 0.251 e. The van der Waals surface area contributed by atoms with Gasteiger partial charge in [0.25, 0.3) is 5.91 Å². The molecule has 1 aromatic carbocycles. The fourth-order valence-corrected chi connectivity index (χ4v) is 3.88. The molecule has 2 fully saturated rings. The summed E-state index contributed by atoms with van der Waals surface area (Å²) in [4.78, 5) is 15.3. The number of carbonyl (C=O) groups is 1. The first-order valence-corrected chi connectivity index (χ1v) is 8.57. The molecule has 0 spiro atoms. The molecule has 2 N–H and O–H groups in total. The summed E-state index contributed by atoms with van der Waals surface area (Å²) in [5, 5.41) is 6.46. The molecule has 4 nitrogen and oxygen atoms in total. The first-order chi connectivity index (χ1) is 10.8. The van der Waals surface area contributed by atoms with Gasteiger partial charge in [-0.25, -0.2) is 0 Å². The number of amides is 1. The fraction of sp³-hybridized carbons (Fsp3) is 0.611. The van der Waals surface area contributed by atoms with E-state index in [1.807, 2.05) is 25.2 Å². The summed E-state index contributed by atoms with van der Waals surface area (Å²) < 4.78 is 0. The molecule has 2 unspecified atom stereocenters. The number of hydrogen-bond donors (Lipinski definition) is 2. The topological polar surface area (TPSA) is 44.4 Å². The van der Waals surface area contributed by atoms with Gasteiger partial charge in [-0.05, 0) is 57.5 Å². The van der Waals surface area contributed by atoms with Crippen LogP contribution in [0.1, 0.15) is 41.6 Å². The summed E-state index contributed by atoms with van der Waals surface area (Å²) in [7, 11) is 1.94. The predicted octanol–water partition coefficient (Wildman–Crippen LogP) is 2.23. The van der Waals surface area contributed by atoms with Gasteiger partial charge in [0, 0.05) is 24.2 Å². The molecule has 1 amide bonds. The molecule has 0 bridgehead atoms. The number of halogens is 1. The van der Waals surface area contributed by atoms with Crippen molar-refractivity contribution in [2.75, 3.05) is 26.7 Å². The van der Waals surface area contributed by atoms with Gasteiger partial charge >= 0.3 is 0 Å². The van der Waals surface area contributed by atoms with E-state index in [1.165, 1.54) is 25.8 Å². The van der Waals surface area contributed by atoms with E-state index in [1.54, 1.807) is 0 Å². The van der Waals surface area contributed by atoms with E-state index in [0.29, 0.717) is 12.1 Å². The monoisotopic (exact) mass is 337 g/mol. The lowest BCUT2D eigenvalue weighted by atomic mass is 9.98. The van der Waals surface area contributed by atoms with Crippen LogP contribution >= 0.6 is 12.4 Å². The van der Waals surface area contributed by atoms with Gasteiger partial charge < -0.3 is 10.6 Å². The van der Waals surface area contributed by atoms with Gasteiger partial charge in [-0.3, -0.25) is 9.69 Å². The maximum absolute atomic E-state index is 12.7. The molecule has 2 aliphatic rings. The lowest BCUT2D eigenvalue weighted by Gasteiger charge is -2.32. The third kappa shape index (κ3) is 4.25. The highest BCUT2D eigenvalue weighted by Crippen LogP contribution is 2.27. The molecule has 2 aliphatic heterocycles. The Labute approximate surface area is 145 Å². The number of hydrogen-bond acceptors (Lipinski definition) is 3. The molecule has 0 saturated carbocycles. The Hall–Kier alpha value is -1.10. The number of nitrogens with one attached hydrogen (secondary N) is 2. The average molecular weight is 338 g/mol. The van der Waals surface area contributed by atoms with Gasteiger partial charge in [0.15, 0.2) is 0 Å². The van der Waals surface area contributed by atoms with Crippen molar-refractivity contribution in [3.63, 3.8) is 0 Å². The van der Waals surface area contributed by atoms with Crippen molar-refractivity contribution < 1.29 is 4.79 Å². The first kappa shape index (κ1) is 18.2. The third-order valence-electron chi connectivity index (χ3n) is 5.08. The lowest BCUT2D eigenvalue weighted by Crippen LogP contribution is -2.46. The molecule has 2 saturated heterocycles. The Morgan fingerprint density at radius 3 is 2.87 bits per heavy atom. The highest BCUT2D eigenvalue weighted by molar-refractivity contribution is 5.96. The Balaban J connectivity index is 0.00000192. The molecule has 2 heterocycles. The van der Waals surface area contributed by atoms with Gasteiger partial charge in [-0.2, -0.15) is 0 Å². The van der Waals surface area contributed by atoms with Crippen molar-refractivity contribution in [2.24, 2.45) is 0 Å². The minimum atomic E-state index is 0. The third-order valence-corrected chi connectivity index (χ3v) is 5.08. The largest absolute Gasteiger partial charge is 0.348 e. The average Bonchev–Trinajstić information content (AvgIpc) is 2.96. The standard InChI is InChI=1S/C18H27N3O.ClH/c1-19-11-9-14-6-2-3-7-15(14)18(22)20-16-10-13-21-12-5-4-8-17(16)21;/h2-3,6-7,16-17,19H,4-5,8-13H2,1H3,(H,20,22);1H. The van der Waals surface area contributed by atoms with E-state index < -0.39 is 0 Å². The number of rotatable bonds is 5. The highest BCUT2D eigenvalue weighted by atomic mass is 35.5. The SMILES string of the molecule is CNCCc1ccccc1C(=O)NC1CCN2CCCCC12.Cl. The summed E-state index contributed by atoms with van der Waals surface area (Å²) in [5.74, 6) is 0.101. The summed E-state index contributed by atoms with van der Waals surface area (Å²) in [5.41, 5.74) is 1.97. The zero-order valence-corrected chi connectivity index (χ0v) is 14.7. The van der Waals surface area contributed by atoms with E-state index in [9.17, 15) is 4.79 Å². The van der Waals surface area contributed by atoms with Crippen LogP contribution in [0.2, 0.25) is 0 Å². The second-order valence-electron chi connectivity index (χ2n) is 6.48. The van der Waals surface area contributed by atoms with E-state index in [0.717, 1.165) is 37.1 Å². The van der Waals surface area contributed by atoms with Crippen LogP contribution in [-0.4, -0.2) is 49.6 Å². The Bertz CT molecular complexity index is 523. The predicted molar refractivity (Wildman–Crippen MR) is 96.4 cm³/mol. The zero-order chi connectivity index (χ0) is 15.4. The molecule has 2 atom stereocenters. The van der Waals surface area contributed by atoms with Crippen LogP contribution in [0.15, 0.2) is 24.3 Å². The van der Waals surface area contributed by atoms with E-state index in [-0.39, 0.29) is 18.3 Å². The molecule has 0 aliphatic carbocycles. The van der Waals surface area contributed by atoms with Crippen LogP contribution in [0.4, 0.5) is 0 Å². The van der Waals surface area contributed by atoms with Gasteiger partial charge in [0.2, 0.25) is 0 Å². The number of carbonyl (C=O) groups excluding carboxylic acids is 1. The van der Waals surface area contributed by atoms with Crippen molar-refractivity contribution >= 4 is 18.3 Å². The molecule has 0 radical (unpaired) electrons. The lowest BCUT2D eigenvalue weighted by molar-refractivity contribution is 0.0914. The maximum Gasteiger partial charge on any atom is 0.251 e. The van der Waals surface area contributed by atoms with Crippen molar-refractivity contribution in [3.05, 3.63) is 35.4 Å². The minimum Gasteiger partial charge on any atom is -0.348 e. The molecule has 23 heavy (non-hydrogen) atoms. The molecule has 5 heteroatoms. The van der Waals surface area contributed by atoms with Crippen molar-refractivity contribution in [3.8, 4) is 0 Å². The zero-order valence-electron chi connectivity index (χ0n) is 13.9. The van der Waals surface area contributed by atoms with Gasteiger partial charge in [-0.15, -0.1) is 12.4 Å². The van der Waals surface area contributed by atoms with Crippen molar-refractivity contribution in [1.29, 1.82) is 0 Å². The van der Waals surface area contributed by atoms with Crippen LogP contribution in [-0.2, 0) is 6.42 Å². The number of piperidine rings is 1. The van der Waals surface area contributed by atoms with Crippen molar-refractivity contribution in [1.82, 2.24) is 15.5 Å². The Kier molecular flexibility index (Phi) is 6.88. The summed E-state index contributed by atoms with van der Waals surface area (Å²) in [6, 6.07) is 8.87. The van der Waals surface area contributed by atoms with Crippen LogP contribution in [0, 0.1) is 0 Å². The number of nitrogens with zero attached hydrogens (tertiary/aromatic N) is 1. The Morgan fingerprint density at radius 2 is 2.04 bits per heavy atom. The van der Waals surface area contributed by atoms with Gasteiger partial charge in [0.05, 0.1) is 0 Å². The van der Waals surface area contributed by atoms with Gasteiger partial charge in [0.1, 0.15) is 0 Å². The molecule has 128 valence electrons. The van der Waals surface area contributed by atoms with Crippen LogP contribution in [0.3, 0.4) is 0 Å². The van der Waals surface area contributed by atoms with Gasteiger partial charge in [-0.1, -0.05) is 24.6 Å². The number of fused-ring (bicyclic) bond motifs is 1. The Morgan fingerprint density at radius 1 is 1.22 bits per heavy atom. The normalized spacial score (nSPS) is 23.9. The molecular weight excluding hydrogens is 310 g/mol. The van der Waals surface area contributed by atoms with E-state index in [2.05, 4.69) is 21.6 Å². The first-order valence-electron chi connectivity index (χ1n) is 8.57. The van der Waals surface area contributed by atoms with Crippen LogP contribution in [0.25, 0.3) is 0 Å². The van der Waals surface area contributed by atoms with Crippen LogP contribution in [0.5, 0.6) is 0 Å². The molecular formula is C18H28ClN3O. The molecule has 3 rings (SSSR count). The highest BCUT2D eigenvalue weighted by Gasteiger charge is 2.36. The molecule has 1 aromatic rings. The van der Waals surface area contributed by atoms with E-state index >= 15 is 0 Å². The molecule has 0 aromatic heterocycles. The number of likely N-dealkylation sites (N-methyl/N-ethyl adjacent to an activating group) is 1. The minimum absolute atomic E-state index is 0. The summed E-state index contributed by atoms with van der Waals surface area (Å²) in [6.45, 7) is 3.23. The summed E-state index contributed by atoms with van der Waals surface area (Å²) in [6.07, 6.45) is 5.82. The second-order valence-corrected chi connectivity index (χ2v) is 6.48. The van der Waals surface area contributed by atoms with Crippen molar-refractivity contribution in [2.45, 2.75) is 44.2 Å². The summed E-state index contributed by atoms with van der Waals surface area (Å²) >= 11 is 0. The maximum atomic E-state index is 12.7. The number of benzene rings is 1. The second kappa shape index (κ2) is 8.67.